The first-order chi connectivity index (χ1) is 4.63. The summed E-state index contributed by atoms with van der Waals surface area (Å²) in [6.45, 7) is 3.39. The Morgan fingerprint density at radius 1 is 1.80 bits per heavy atom. The maximum absolute atomic E-state index is 8.45. The Balaban J connectivity index is 4.68. The van der Waals surface area contributed by atoms with Crippen LogP contribution in [0.15, 0.2) is 22.2 Å². The summed E-state index contributed by atoms with van der Waals surface area (Å²) in [5.41, 5.74) is 5.72. The van der Waals surface area contributed by atoms with Gasteiger partial charge in [0, 0.05) is 5.70 Å². The smallest absolute Gasteiger partial charge is 0.103 e. The van der Waals surface area contributed by atoms with E-state index in [1.165, 1.54) is 11.8 Å². The van der Waals surface area contributed by atoms with Crippen molar-refractivity contribution in [1.29, 1.82) is 5.26 Å². The van der Waals surface area contributed by atoms with E-state index in [0.717, 1.165) is 0 Å². The molecule has 0 aliphatic rings. The highest BCUT2D eigenvalue weighted by molar-refractivity contribution is 8.03. The van der Waals surface area contributed by atoms with Crippen LogP contribution in [-0.4, -0.2) is 6.26 Å². The SMILES string of the molecule is C=C(N)/C(C#N)=C(/Cl)SC. The van der Waals surface area contributed by atoms with Crippen molar-refractivity contribution in [2.45, 2.75) is 0 Å². The van der Waals surface area contributed by atoms with E-state index >= 15 is 0 Å². The molecule has 4 heteroatoms. The Morgan fingerprint density at radius 3 is 2.40 bits per heavy atom. The molecule has 0 radical (unpaired) electrons. The normalized spacial score (nSPS) is 11.7. The van der Waals surface area contributed by atoms with E-state index in [-0.39, 0.29) is 11.3 Å². The van der Waals surface area contributed by atoms with Crippen molar-refractivity contribution >= 4 is 23.4 Å². The second-order valence-corrected chi connectivity index (χ2v) is 2.91. The topological polar surface area (TPSA) is 49.8 Å². The van der Waals surface area contributed by atoms with Gasteiger partial charge >= 0.3 is 0 Å². The molecule has 0 saturated carbocycles. The first-order valence-electron chi connectivity index (χ1n) is 2.42. The lowest BCUT2D eigenvalue weighted by atomic mass is 10.3. The Kier molecular flexibility index (Phi) is 4.01. The molecule has 0 aliphatic carbocycles. The quantitative estimate of drug-likeness (QED) is 0.513. The Bertz CT molecular complexity index is 214. The van der Waals surface area contributed by atoms with E-state index in [9.17, 15) is 0 Å². The average molecular weight is 175 g/mol. The third kappa shape index (κ3) is 2.34. The van der Waals surface area contributed by atoms with Crippen LogP contribution in [0, 0.1) is 11.3 Å². The third-order valence-electron chi connectivity index (χ3n) is 0.809. The van der Waals surface area contributed by atoms with Crippen molar-refractivity contribution in [1.82, 2.24) is 0 Å². The lowest BCUT2D eigenvalue weighted by molar-refractivity contribution is 1.36. The minimum Gasteiger partial charge on any atom is -0.398 e. The molecule has 0 amide bonds. The number of allylic oxidation sites excluding steroid dienone is 1. The first kappa shape index (κ1) is 9.41. The summed E-state index contributed by atoms with van der Waals surface area (Å²) in [5, 5.41) is 8.45. The van der Waals surface area contributed by atoms with Crippen molar-refractivity contribution in [2.24, 2.45) is 5.73 Å². The first-order valence-corrected chi connectivity index (χ1v) is 4.02. The standard InChI is InChI=1S/C6H7ClN2S/c1-4(9)5(3-8)6(7)10-2/h1,9H2,2H3/b6-5-. The maximum atomic E-state index is 8.45. The van der Waals surface area contributed by atoms with Gasteiger partial charge in [0.1, 0.15) is 6.07 Å². The highest BCUT2D eigenvalue weighted by atomic mass is 35.5. The van der Waals surface area contributed by atoms with Gasteiger partial charge in [-0.05, 0) is 6.26 Å². The largest absolute Gasteiger partial charge is 0.398 e. The summed E-state index contributed by atoms with van der Waals surface area (Å²) in [7, 11) is 0. The predicted molar refractivity (Wildman–Crippen MR) is 45.3 cm³/mol. The van der Waals surface area contributed by atoms with Gasteiger partial charge in [-0.1, -0.05) is 18.2 Å². The number of nitrogens with zero attached hydrogens (tertiary/aromatic N) is 1. The number of nitrogens with two attached hydrogens (primary N) is 1. The maximum Gasteiger partial charge on any atom is 0.103 e. The summed E-state index contributed by atoms with van der Waals surface area (Å²) >= 11 is 6.87. The zero-order chi connectivity index (χ0) is 8.15. The molecule has 0 bridgehead atoms. The molecule has 0 aliphatic heterocycles. The van der Waals surface area contributed by atoms with Gasteiger partial charge in [-0.25, -0.2) is 0 Å². The molecule has 0 saturated heterocycles. The van der Waals surface area contributed by atoms with Gasteiger partial charge in [-0.2, -0.15) is 5.26 Å². The van der Waals surface area contributed by atoms with Crippen LogP contribution in [0.5, 0.6) is 0 Å². The van der Waals surface area contributed by atoms with Crippen LogP contribution in [-0.2, 0) is 0 Å². The molecule has 0 unspecified atom stereocenters. The molecule has 0 rings (SSSR count). The Hall–Kier alpha value is -0.590. The summed E-state index contributed by atoms with van der Waals surface area (Å²) in [5.74, 6) is 0. The summed E-state index contributed by atoms with van der Waals surface area (Å²) in [6.07, 6.45) is 1.77. The number of thioether (sulfide) groups is 1. The molecule has 0 heterocycles. The molecule has 2 N–H and O–H groups in total. The van der Waals surface area contributed by atoms with Crippen LogP contribution < -0.4 is 5.73 Å². The number of nitriles is 1. The fraction of sp³-hybridized carbons (Fsp3) is 0.167. The lowest BCUT2D eigenvalue weighted by Crippen LogP contribution is -1.97. The van der Waals surface area contributed by atoms with Crippen molar-refractivity contribution in [3.63, 3.8) is 0 Å². The minimum absolute atomic E-state index is 0.210. The number of rotatable bonds is 2. The van der Waals surface area contributed by atoms with Crippen molar-refractivity contribution in [3.05, 3.63) is 22.2 Å². The molecule has 2 nitrogen and oxygen atoms in total. The fourth-order valence-corrected chi connectivity index (χ4v) is 0.889. The molecule has 0 aromatic rings. The molecule has 0 spiro atoms. The lowest BCUT2D eigenvalue weighted by Gasteiger charge is -1.97. The van der Waals surface area contributed by atoms with Crippen molar-refractivity contribution in [3.8, 4) is 6.07 Å². The van der Waals surface area contributed by atoms with Crippen LogP contribution in [0.2, 0.25) is 0 Å². The summed E-state index contributed by atoms with van der Waals surface area (Å²) < 4.78 is 0.384. The van der Waals surface area contributed by atoms with E-state index in [2.05, 4.69) is 6.58 Å². The number of hydrogen-bond acceptors (Lipinski definition) is 3. The predicted octanol–water partition coefficient (Wildman–Crippen LogP) is 1.80. The molecular formula is C6H7ClN2S. The van der Waals surface area contributed by atoms with Crippen LogP contribution in [0.3, 0.4) is 0 Å². The van der Waals surface area contributed by atoms with Crippen LogP contribution in [0.25, 0.3) is 0 Å². The van der Waals surface area contributed by atoms with Gasteiger partial charge in [-0.15, -0.1) is 11.8 Å². The van der Waals surface area contributed by atoms with Gasteiger partial charge < -0.3 is 5.73 Å². The van der Waals surface area contributed by atoms with Crippen LogP contribution in [0.1, 0.15) is 0 Å². The molecule has 54 valence electrons. The van der Waals surface area contributed by atoms with Gasteiger partial charge in [0.05, 0.1) is 9.94 Å². The minimum atomic E-state index is 0.210. The molecule has 0 fully saturated rings. The molecular weight excluding hydrogens is 168 g/mol. The molecule has 0 aromatic heterocycles. The highest BCUT2D eigenvalue weighted by Crippen LogP contribution is 2.22. The van der Waals surface area contributed by atoms with Crippen LogP contribution in [0.4, 0.5) is 0 Å². The monoisotopic (exact) mass is 174 g/mol. The van der Waals surface area contributed by atoms with Crippen molar-refractivity contribution in [2.75, 3.05) is 6.26 Å². The van der Waals surface area contributed by atoms with Gasteiger partial charge in [0.15, 0.2) is 0 Å². The van der Waals surface area contributed by atoms with E-state index in [1.807, 2.05) is 6.07 Å². The highest BCUT2D eigenvalue weighted by Gasteiger charge is 2.02. The number of hydrogen-bond donors (Lipinski definition) is 1. The fourth-order valence-electron chi connectivity index (χ4n) is 0.344. The molecule has 0 atom stereocenters. The molecule has 0 aromatic carbocycles. The molecule has 10 heavy (non-hydrogen) atoms. The van der Waals surface area contributed by atoms with Crippen LogP contribution >= 0.6 is 23.4 Å². The van der Waals surface area contributed by atoms with E-state index in [0.29, 0.717) is 4.36 Å². The van der Waals surface area contributed by atoms with Gasteiger partial charge in [0.25, 0.3) is 0 Å². The summed E-state index contributed by atoms with van der Waals surface area (Å²) in [6, 6.07) is 1.85. The van der Waals surface area contributed by atoms with E-state index in [4.69, 9.17) is 22.6 Å². The number of halogens is 1. The third-order valence-corrected chi connectivity index (χ3v) is 2.02. The zero-order valence-electron chi connectivity index (χ0n) is 5.52. The average Bonchev–Trinajstić information content (AvgIpc) is 1.88. The Morgan fingerprint density at radius 2 is 2.30 bits per heavy atom. The van der Waals surface area contributed by atoms with Gasteiger partial charge in [0.2, 0.25) is 0 Å². The summed E-state index contributed by atoms with van der Waals surface area (Å²) in [4.78, 5) is 0. The van der Waals surface area contributed by atoms with Gasteiger partial charge in [-0.3, -0.25) is 0 Å². The zero-order valence-corrected chi connectivity index (χ0v) is 7.09. The van der Waals surface area contributed by atoms with Crippen molar-refractivity contribution < 1.29 is 0 Å². The van der Waals surface area contributed by atoms with E-state index in [1.54, 1.807) is 6.26 Å². The van der Waals surface area contributed by atoms with E-state index < -0.39 is 0 Å². The Labute approximate surface area is 69.3 Å². The second kappa shape index (κ2) is 4.26. The second-order valence-electron chi connectivity index (χ2n) is 1.49.